The quantitative estimate of drug-likeness (QED) is 0.632. The Balaban J connectivity index is 1.72. The van der Waals surface area contributed by atoms with Crippen molar-refractivity contribution in [1.29, 1.82) is 0 Å². The van der Waals surface area contributed by atoms with E-state index in [0.717, 1.165) is 23.8 Å². The van der Waals surface area contributed by atoms with Gasteiger partial charge >= 0.3 is 0 Å². The van der Waals surface area contributed by atoms with Gasteiger partial charge in [-0.2, -0.15) is 0 Å². The molecule has 1 fully saturated rings. The number of halogens is 3. The molecule has 1 saturated heterocycles. The summed E-state index contributed by atoms with van der Waals surface area (Å²) in [5.74, 6) is -4.17. The monoisotopic (exact) mass is 463 g/mol. The average Bonchev–Trinajstić information content (AvgIpc) is 2.79. The molecule has 0 radical (unpaired) electrons. The van der Waals surface area contributed by atoms with Crippen LogP contribution in [-0.4, -0.2) is 55.6 Å². The van der Waals surface area contributed by atoms with E-state index in [2.05, 4.69) is 15.5 Å². The normalized spacial score (nSPS) is 16.3. The molecule has 1 aliphatic heterocycles. The van der Waals surface area contributed by atoms with E-state index in [4.69, 9.17) is 4.74 Å². The summed E-state index contributed by atoms with van der Waals surface area (Å²) in [5.41, 5.74) is 0.102. The number of ether oxygens (including phenoxy) is 1. The molecule has 2 unspecified atom stereocenters. The maximum atomic E-state index is 14.0. The first-order valence-corrected chi connectivity index (χ1v) is 10.9. The lowest BCUT2D eigenvalue weighted by atomic mass is 10.0. The molecular formula is C24H28F3N3O3. The van der Waals surface area contributed by atoms with Gasteiger partial charge in [0.2, 0.25) is 5.91 Å². The summed E-state index contributed by atoms with van der Waals surface area (Å²) in [5, 5.41) is 5.29. The van der Waals surface area contributed by atoms with Crippen molar-refractivity contribution in [2.45, 2.75) is 25.9 Å². The number of nitrogens with one attached hydrogen (secondary N) is 2. The number of carbonyl (C=O) groups is 2. The van der Waals surface area contributed by atoms with E-state index in [1.165, 1.54) is 12.1 Å². The van der Waals surface area contributed by atoms with E-state index in [-0.39, 0.29) is 24.3 Å². The lowest BCUT2D eigenvalue weighted by Gasteiger charge is -2.35. The first-order valence-electron chi connectivity index (χ1n) is 10.9. The van der Waals surface area contributed by atoms with E-state index < -0.39 is 35.1 Å². The molecule has 2 atom stereocenters. The van der Waals surface area contributed by atoms with Crippen LogP contribution < -0.4 is 10.6 Å². The van der Waals surface area contributed by atoms with E-state index in [9.17, 15) is 22.8 Å². The van der Waals surface area contributed by atoms with Crippen molar-refractivity contribution < 1.29 is 27.5 Å². The summed E-state index contributed by atoms with van der Waals surface area (Å²) in [4.78, 5) is 27.6. The van der Waals surface area contributed by atoms with Crippen LogP contribution in [0.3, 0.4) is 0 Å². The van der Waals surface area contributed by atoms with Gasteiger partial charge in [0, 0.05) is 19.6 Å². The highest BCUT2D eigenvalue weighted by Gasteiger charge is 2.29. The van der Waals surface area contributed by atoms with Crippen molar-refractivity contribution in [2.75, 3.05) is 32.8 Å². The van der Waals surface area contributed by atoms with Crippen molar-refractivity contribution in [2.24, 2.45) is 5.92 Å². The number of morpholine rings is 1. The summed E-state index contributed by atoms with van der Waals surface area (Å²) in [6.07, 6.45) is 0. The minimum atomic E-state index is -1.00. The molecule has 0 aromatic heterocycles. The number of amides is 2. The minimum absolute atomic E-state index is 0.206. The number of hydrogen-bond donors (Lipinski definition) is 2. The molecule has 3 rings (SSSR count). The van der Waals surface area contributed by atoms with Crippen molar-refractivity contribution in [3.05, 3.63) is 71.0 Å². The first-order chi connectivity index (χ1) is 15.8. The minimum Gasteiger partial charge on any atom is -0.379 e. The van der Waals surface area contributed by atoms with E-state index in [1.807, 2.05) is 0 Å². The Bertz CT molecular complexity index is 943. The number of benzene rings is 2. The summed E-state index contributed by atoms with van der Waals surface area (Å²) in [7, 11) is 0. The second-order valence-corrected chi connectivity index (χ2v) is 8.25. The third-order valence-corrected chi connectivity index (χ3v) is 5.64. The standard InChI is InChI=1S/C24H28F3N3O3/c1-15(2)22(29-23(31)21-18(26)4-3-5-19(21)27)24(32)28-14-20(30-10-12-33-13-11-30)16-6-8-17(25)9-7-16/h3-9,15,20,22H,10-14H2,1-2H3,(H,28,32)(H,29,31). The van der Waals surface area contributed by atoms with Crippen LogP contribution in [0.5, 0.6) is 0 Å². The van der Waals surface area contributed by atoms with Gasteiger partial charge in [-0.25, -0.2) is 13.2 Å². The van der Waals surface area contributed by atoms with Crippen LogP contribution >= 0.6 is 0 Å². The number of hydrogen-bond acceptors (Lipinski definition) is 4. The van der Waals surface area contributed by atoms with Crippen LogP contribution in [0.25, 0.3) is 0 Å². The van der Waals surface area contributed by atoms with Crippen LogP contribution in [0, 0.1) is 23.4 Å². The zero-order chi connectivity index (χ0) is 24.0. The maximum absolute atomic E-state index is 14.0. The van der Waals surface area contributed by atoms with Gasteiger partial charge in [-0.15, -0.1) is 0 Å². The topological polar surface area (TPSA) is 70.7 Å². The SMILES string of the molecule is CC(C)C(NC(=O)c1c(F)cccc1F)C(=O)NCC(c1ccc(F)cc1)N1CCOCC1. The molecule has 1 heterocycles. The average molecular weight is 464 g/mol. The highest BCUT2D eigenvalue weighted by Crippen LogP contribution is 2.22. The Morgan fingerprint density at radius 2 is 1.61 bits per heavy atom. The maximum Gasteiger partial charge on any atom is 0.257 e. The molecule has 9 heteroatoms. The highest BCUT2D eigenvalue weighted by atomic mass is 19.1. The summed E-state index contributed by atoms with van der Waals surface area (Å²) >= 11 is 0. The molecule has 2 amide bonds. The van der Waals surface area contributed by atoms with Gasteiger partial charge in [0.05, 0.1) is 19.3 Å². The van der Waals surface area contributed by atoms with Crippen molar-refractivity contribution in [3.8, 4) is 0 Å². The van der Waals surface area contributed by atoms with Gasteiger partial charge in [-0.3, -0.25) is 14.5 Å². The Hall–Kier alpha value is -2.91. The molecule has 6 nitrogen and oxygen atoms in total. The fraction of sp³-hybridized carbons (Fsp3) is 0.417. The van der Waals surface area contributed by atoms with Crippen LogP contribution in [0.15, 0.2) is 42.5 Å². The second-order valence-electron chi connectivity index (χ2n) is 8.25. The van der Waals surface area contributed by atoms with E-state index in [0.29, 0.717) is 26.3 Å². The van der Waals surface area contributed by atoms with E-state index >= 15 is 0 Å². The van der Waals surface area contributed by atoms with Crippen LogP contribution in [-0.2, 0) is 9.53 Å². The fourth-order valence-electron chi connectivity index (χ4n) is 3.80. The van der Waals surface area contributed by atoms with Gasteiger partial charge in [-0.05, 0) is 35.7 Å². The summed E-state index contributed by atoms with van der Waals surface area (Å²) in [6, 6.07) is 7.97. The Morgan fingerprint density at radius 3 is 2.18 bits per heavy atom. The first kappa shape index (κ1) is 24.7. The highest BCUT2D eigenvalue weighted by molar-refractivity contribution is 5.98. The van der Waals surface area contributed by atoms with Crippen LogP contribution in [0.1, 0.15) is 35.8 Å². The second kappa shape index (κ2) is 11.3. The van der Waals surface area contributed by atoms with Crippen molar-refractivity contribution in [3.63, 3.8) is 0 Å². The zero-order valence-electron chi connectivity index (χ0n) is 18.6. The third-order valence-electron chi connectivity index (χ3n) is 5.64. The molecule has 0 aliphatic carbocycles. The Kier molecular flexibility index (Phi) is 8.46. The fourth-order valence-corrected chi connectivity index (χ4v) is 3.80. The smallest absolute Gasteiger partial charge is 0.257 e. The molecule has 0 spiro atoms. The predicted molar refractivity (Wildman–Crippen MR) is 117 cm³/mol. The van der Waals surface area contributed by atoms with Crippen molar-refractivity contribution in [1.82, 2.24) is 15.5 Å². The third kappa shape index (κ3) is 6.33. The molecule has 1 aliphatic rings. The van der Waals surface area contributed by atoms with Gasteiger partial charge in [0.1, 0.15) is 29.1 Å². The van der Waals surface area contributed by atoms with Gasteiger partial charge < -0.3 is 15.4 Å². The predicted octanol–water partition coefficient (Wildman–Crippen LogP) is 3.05. The molecule has 2 aromatic rings. The van der Waals surface area contributed by atoms with Gasteiger partial charge in [-0.1, -0.05) is 32.0 Å². The van der Waals surface area contributed by atoms with Crippen LogP contribution in [0.4, 0.5) is 13.2 Å². The molecule has 0 saturated carbocycles. The Morgan fingerprint density at radius 1 is 1.00 bits per heavy atom. The number of carbonyl (C=O) groups excluding carboxylic acids is 2. The Labute approximate surface area is 191 Å². The zero-order valence-corrected chi connectivity index (χ0v) is 18.6. The molecule has 33 heavy (non-hydrogen) atoms. The summed E-state index contributed by atoms with van der Waals surface area (Å²) < 4.78 is 46.8. The summed E-state index contributed by atoms with van der Waals surface area (Å²) in [6.45, 7) is 6.04. The van der Waals surface area contributed by atoms with Gasteiger partial charge in [0.25, 0.3) is 5.91 Å². The lowest BCUT2D eigenvalue weighted by molar-refractivity contribution is -0.124. The van der Waals surface area contributed by atoms with Crippen molar-refractivity contribution >= 4 is 11.8 Å². The number of nitrogens with zero attached hydrogens (tertiary/aromatic N) is 1. The molecule has 178 valence electrons. The van der Waals surface area contributed by atoms with Crippen LogP contribution in [0.2, 0.25) is 0 Å². The molecular weight excluding hydrogens is 435 g/mol. The van der Waals surface area contributed by atoms with Gasteiger partial charge in [0.15, 0.2) is 0 Å². The lowest BCUT2D eigenvalue weighted by Crippen LogP contribution is -2.52. The number of rotatable bonds is 8. The molecule has 2 N–H and O–H groups in total. The molecule has 0 bridgehead atoms. The van der Waals surface area contributed by atoms with E-state index in [1.54, 1.807) is 26.0 Å². The molecule has 2 aromatic carbocycles. The largest absolute Gasteiger partial charge is 0.379 e.